The van der Waals surface area contributed by atoms with E-state index in [1.54, 1.807) is 35.2 Å². The average Bonchev–Trinajstić information content (AvgIpc) is 3.92. The minimum atomic E-state index is -3.88. The Morgan fingerprint density at radius 2 is 1.88 bits per heavy atom. The Kier molecular flexibility index (Phi) is 8.63. The predicted octanol–water partition coefficient (Wildman–Crippen LogP) is 0.735. The van der Waals surface area contributed by atoms with Gasteiger partial charge < -0.3 is 20.3 Å². The molecular formula is C28H33ClN6O7S. The number of anilines is 1. The van der Waals surface area contributed by atoms with Gasteiger partial charge in [0.25, 0.3) is 11.5 Å². The third kappa shape index (κ3) is 6.31. The first-order valence-corrected chi connectivity index (χ1v) is 15.8. The van der Waals surface area contributed by atoms with E-state index >= 15 is 0 Å². The Hall–Kier alpha value is -3.75. The fraction of sp³-hybridized carbons (Fsp3) is 0.464. The van der Waals surface area contributed by atoms with Gasteiger partial charge in [-0.05, 0) is 31.7 Å². The number of hydrogen-bond acceptors (Lipinski definition) is 9. The van der Waals surface area contributed by atoms with Crippen molar-refractivity contribution < 1.29 is 27.5 Å². The van der Waals surface area contributed by atoms with Crippen molar-refractivity contribution in [2.24, 2.45) is 5.92 Å². The molecule has 43 heavy (non-hydrogen) atoms. The summed E-state index contributed by atoms with van der Waals surface area (Å²) in [5.74, 6) is -2.61. The summed E-state index contributed by atoms with van der Waals surface area (Å²) in [7, 11) is -3.88. The van der Waals surface area contributed by atoms with Crippen LogP contribution in [0.2, 0.25) is 5.15 Å². The maximum absolute atomic E-state index is 14.1. The molecule has 2 aromatic rings. The first kappa shape index (κ1) is 30.7. The topological polar surface area (TPSA) is 169 Å². The molecule has 0 radical (unpaired) electrons. The minimum Gasteiger partial charge on any atom is -0.378 e. The van der Waals surface area contributed by atoms with Crippen LogP contribution in [0.1, 0.15) is 36.6 Å². The molecule has 1 aromatic carbocycles. The highest BCUT2D eigenvalue weighted by Crippen LogP contribution is 2.45. The average molecular weight is 633 g/mol. The quantitative estimate of drug-likeness (QED) is 0.302. The number of halogens is 1. The number of sulfonamides is 1. The van der Waals surface area contributed by atoms with Crippen LogP contribution in [0, 0.1) is 12.8 Å². The lowest BCUT2D eigenvalue weighted by Gasteiger charge is -2.27. The zero-order valence-electron chi connectivity index (χ0n) is 23.5. The normalized spacial score (nSPS) is 22.3. The van der Waals surface area contributed by atoms with E-state index in [4.69, 9.17) is 16.3 Å². The van der Waals surface area contributed by atoms with Crippen molar-refractivity contribution in [1.82, 2.24) is 24.5 Å². The predicted molar refractivity (Wildman–Crippen MR) is 158 cm³/mol. The molecule has 13 nitrogen and oxygen atoms in total. The van der Waals surface area contributed by atoms with E-state index in [0.717, 1.165) is 4.57 Å². The van der Waals surface area contributed by atoms with Gasteiger partial charge in [-0.1, -0.05) is 48.0 Å². The number of ether oxygens (including phenoxy) is 1. The van der Waals surface area contributed by atoms with Crippen LogP contribution in [0.5, 0.6) is 0 Å². The van der Waals surface area contributed by atoms with Crippen LogP contribution < -0.4 is 20.9 Å². The van der Waals surface area contributed by atoms with Crippen LogP contribution in [0.4, 0.5) is 5.82 Å². The van der Waals surface area contributed by atoms with Crippen LogP contribution >= 0.6 is 11.6 Å². The summed E-state index contributed by atoms with van der Waals surface area (Å²) in [6.07, 6.45) is 2.54. The van der Waals surface area contributed by atoms with Crippen LogP contribution in [0.3, 0.4) is 0 Å². The Balaban J connectivity index is 1.47. The van der Waals surface area contributed by atoms with Crippen molar-refractivity contribution in [2.75, 3.05) is 38.2 Å². The second-order valence-corrected chi connectivity index (χ2v) is 13.2. The van der Waals surface area contributed by atoms with Crippen LogP contribution in [-0.4, -0.2) is 84.2 Å². The van der Waals surface area contributed by atoms with E-state index in [-0.39, 0.29) is 35.5 Å². The zero-order chi connectivity index (χ0) is 30.9. The smallest absolute Gasteiger partial charge is 0.294 e. The highest BCUT2D eigenvalue weighted by atomic mass is 35.5. The van der Waals surface area contributed by atoms with E-state index in [9.17, 15) is 27.6 Å². The van der Waals surface area contributed by atoms with Gasteiger partial charge in [0, 0.05) is 19.0 Å². The molecule has 0 bridgehead atoms. The van der Waals surface area contributed by atoms with Crippen molar-refractivity contribution in [3.8, 4) is 0 Å². The molecule has 3 aliphatic rings. The van der Waals surface area contributed by atoms with E-state index in [1.165, 1.54) is 13.0 Å². The maximum Gasteiger partial charge on any atom is 0.294 e. The van der Waals surface area contributed by atoms with Crippen LogP contribution in [0.25, 0.3) is 0 Å². The third-order valence-electron chi connectivity index (χ3n) is 7.93. The van der Waals surface area contributed by atoms with Gasteiger partial charge in [-0.25, -0.2) is 13.4 Å². The van der Waals surface area contributed by atoms with Gasteiger partial charge in [0.2, 0.25) is 21.8 Å². The van der Waals surface area contributed by atoms with E-state index in [2.05, 4.69) is 26.9 Å². The Morgan fingerprint density at radius 3 is 2.49 bits per heavy atom. The highest BCUT2D eigenvalue weighted by Gasteiger charge is 2.61. The number of rotatable bonds is 11. The summed E-state index contributed by atoms with van der Waals surface area (Å²) in [5, 5.41) is 4.78. The van der Waals surface area contributed by atoms with E-state index in [1.807, 2.05) is 0 Å². The Labute approximate surface area is 253 Å². The Morgan fingerprint density at radius 1 is 1.21 bits per heavy atom. The summed E-state index contributed by atoms with van der Waals surface area (Å²) < 4.78 is 33.6. The van der Waals surface area contributed by atoms with Gasteiger partial charge in [0.05, 0.1) is 30.7 Å². The molecule has 1 aromatic heterocycles. The molecule has 1 aliphatic heterocycles. The molecular weight excluding hydrogens is 600 g/mol. The standard InChI is InChI=1S/C28H33ClN6O7S/c1-3-19-15-28(19,27(39)33-43(40,41)20-9-10-20)32-25(37)22(18-7-5-4-6-8-18)35-17(2)23(29)31-24(26(35)38)30-16-21(36)34-11-13-42-14-12-34/h3-8,19-20,22H,1,9-16H2,2H3,(H,30,31)(H,32,37)(H,33,39)/t19-,22?,28-/m1/s1. The second-order valence-electron chi connectivity index (χ2n) is 10.9. The number of amides is 3. The van der Waals surface area contributed by atoms with Crippen molar-refractivity contribution in [2.45, 2.75) is 43.0 Å². The largest absolute Gasteiger partial charge is 0.378 e. The summed E-state index contributed by atoms with van der Waals surface area (Å²) in [6.45, 7) is 6.70. The van der Waals surface area contributed by atoms with Gasteiger partial charge >= 0.3 is 0 Å². The fourth-order valence-electron chi connectivity index (χ4n) is 5.16. The van der Waals surface area contributed by atoms with Crippen molar-refractivity contribution in [3.05, 3.63) is 69.8 Å². The summed E-state index contributed by atoms with van der Waals surface area (Å²) in [4.78, 5) is 59.7. The zero-order valence-corrected chi connectivity index (χ0v) is 25.1. The van der Waals surface area contributed by atoms with E-state index in [0.29, 0.717) is 44.7 Å². The molecule has 0 spiro atoms. The molecule has 2 aliphatic carbocycles. The summed E-state index contributed by atoms with van der Waals surface area (Å²) in [6, 6.07) is 7.08. The first-order valence-electron chi connectivity index (χ1n) is 13.9. The van der Waals surface area contributed by atoms with Crippen LogP contribution in [0.15, 0.2) is 47.8 Å². The third-order valence-corrected chi connectivity index (χ3v) is 10.1. The molecule has 15 heteroatoms. The van der Waals surface area contributed by atoms with Gasteiger partial charge in [-0.15, -0.1) is 6.58 Å². The molecule has 2 saturated carbocycles. The van der Waals surface area contributed by atoms with Crippen molar-refractivity contribution in [3.63, 3.8) is 0 Å². The number of carbonyl (C=O) groups excluding carboxylic acids is 3. The summed E-state index contributed by atoms with van der Waals surface area (Å²) >= 11 is 6.44. The molecule has 230 valence electrons. The maximum atomic E-state index is 14.1. The highest BCUT2D eigenvalue weighted by molar-refractivity contribution is 7.91. The number of morpholine rings is 1. The van der Waals surface area contributed by atoms with Gasteiger partial charge in [0.1, 0.15) is 11.6 Å². The number of hydrogen-bond donors (Lipinski definition) is 3. The number of carbonyl (C=O) groups is 3. The van der Waals surface area contributed by atoms with Gasteiger partial charge in [-0.3, -0.25) is 28.5 Å². The lowest BCUT2D eigenvalue weighted by atomic mass is 10.0. The summed E-state index contributed by atoms with van der Waals surface area (Å²) in [5.41, 5.74) is -1.70. The number of nitrogens with zero attached hydrogens (tertiary/aromatic N) is 3. The van der Waals surface area contributed by atoms with Crippen molar-refractivity contribution >= 4 is 45.2 Å². The molecule has 1 saturated heterocycles. The molecule has 3 amide bonds. The Bertz CT molecular complexity index is 1610. The molecule has 3 fully saturated rings. The number of benzene rings is 1. The van der Waals surface area contributed by atoms with Crippen LogP contribution in [-0.2, 0) is 29.1 Å². The van der Waals surface area contributed by atoms with Gasteiger partial charge in [-0.2, -0.15) is 0 Å². The van der Waals surface area contributed by atoms with Gasteiger partial charge in [0.15, 0.2) is 11.0 Å². The monoisotopic (exact) mass is 632 g/mol. The molecule has 5 rings (SSSR count). The lowest BCUT2D eigenvalue weighted by Crippen LogP contribution is -2.54. The van der Waals surface area contributed by atoms with Crippen molar-refractivity contribution in [1.29, 1.82) is 0 Å². The first-order chi connectivity index (χ1) is 20.5. The fourth-order valence-corrected chi connectivity index (χ4v) is 6.70. The molecule has 1 unspecified atom stereocenters. The number of nitrogens with one attached hydrogen (secondary N) is 3. The second kappa shape index (κ2) is 12.1. The van der Waals surface area contributed by atoms with E-state index < -0.39 is 50.1 Å². The molecule has 3 N–H and O–H groups in total. The molecule has 3 atom stereocenters. The minimum absolute atomic E-state index is 0.0759. The number of aromatic nitrogens is 2. The lowest BCUT2D eigenvalue weighted by molar-refractivity contribution is -0.133. The SMILES string of the molecule is C=C[C@@H]1C[C@]1(NC(=O)C(c1ccccc1)n1c(C)c(Cl)nc(NCC(=O)N2CCOCC2)c1=O)C(=O)NS(=O)(=O)C1CC1. The molecule has 2 heterocycles.